The molecule has 0 radical (unpaired) electrons. The summed E-state index contributed by atoms with van der Waals surface area (Å²) in [6.07, 6.45) is 5.31. The van der Waals surface area contributed by atoms with Crippen LogP contribution in [0.3, 0.4) is 0 Å². The Kier molecular flexibility index (Phi) is 5.02. The van der Waals surface area contributed by atoms with Crippen molar-refractivity contribution in [3.05, 3.63) is 35.8 Å². The number of nitrogens with zero attached hydrogens (tertiary/aromatic N) is 4. The van der Waals surface area contributed by atoms with E-state index in [2.05, 4.69) is 38.8 Å². The second kappa shape index (κ2) is 7.61. The normalized spacial score (nSPS) is 18.5. The smallest absolute Gasteiger partial charge is 0.245 e. The van der Waals surface area contributed by atoms with Gasteiger partial charge in [0.25, 0.3) is 0 Å². The highest BCUT2D eigenvalue weighted by atomic mass is 16.5. The molecule has 2 heterocycles. The average Bonchev–Trinajstić information content (AvgIpc) is 3.36. The van der Waals surface area contributed by atoms with Crippen molar-refractivity contribution in [3.63, 3.8) is 0 Å². The molecule has 4 rings (SSSR count). The number of hydrogen-bond donors (Lipinski definition) is 2. The van der Waals surface area contributed by atoms with Crippen molar-refractivity contribution in [2.45, 2.75) is 51.6 Å². The molecule has 148 valence electrons. The van der Waals surface area contributed by atoms with Gasteiger partial charge in [-0.2, -0.15) is 0 Å². The monoisotopic (exact) mass is 382 g/mol. The second-order valence-electron chi connectivity index (χ2n) is 7.50. The number of nitrogens with one attached hydrogen (secondary N) is 2. The van der Waals surface area contributed by atoms with Gasteiger partial charge in [0.15, 0.2) is 0 Å². The number of amides is 1. The molecule has 8 nitrogen and oxygen atoms in total. The van der Waals surface area contributed by atoms with Crippen LogP contribution in [0.2, 0.25) is 0 Å². The predicted molar refractivity (Wildman–Crippen MR) is 105 cm³/mol. The lowest BCUT2D eigenvalue weighted by atomic mass is 9.91. The summed E-state index contributed by atoms with van der Waals surface area (Å²) in [4.78, 5) is 16.7. The Morgan fingerprint density at radius 2 is 2.32 bits per heavy atom. The Morgan fingerprint density at radius 3 is 3.04 bits per heavy atom. The lowest BCUT2D eigenvalue weighted by molar-refractivity contribution is -0.127. The van der Waals surface area contributed by atoms with Crippen LogP contribution < -0.4 is 10.1 Å². The number of benzene rings is 1. The SMILES string of the molecule is CC[C@H](C)[C@@H](C(=O)N[C@H]1CCCc2c1[nH]c1ccc(OC)cc21)n1cnnn1. The summed E-state index contributed by atoms with van der Waals surface area (Å²) in [5.74, 6) is 0.922. The number of methoxy groups -OCH3 is 1. The van der Waals surface area contributed by atoms with E-state index in [-0.39, 0.29) is 17.9 Å². The van der Waals surface area contributed by atoms with Crippen LogP contribution in [0.25, 0.3) is 10.9 Å². The van der Waals surface area contributed by atoms with E-state index >= 15 is 0 Å². The lowest BCUT2D eigenvalue weighted by Gasteiger charge is -2.28. The molecule has 1 aliphatic carbocycles. The maximum absolute atomic E-state index is 13.2. The molecule has 2 aromatic heterocycles. The Bertz CT molecular complexity index is 965. The van der Waals surface area contributed by atoms with Crippen LogP contribution in [0.15, 0.2) is 24.5 Å². The van der Waals surface area contributed by atoms with Gasteiger partial charge in [-0.25, -0.2) is 4.68 Å². The molecular formula is C20H26N6O2. The van der Waals surface area contributed by atoms with Gasteiger partial charge in [0, 0.05) is 16.6 Å². The Morgan fingerprint density at radius 1 is 1.46 bits per heavy atom. The molecule has 8 heteroatoms. The summed E-state index contributed by atoms with van der Waals surface area (Å²) in [6, 6.07) is 5.59. The van der Waals surface area contributed by atoms with Crippen molar-refractivity contribution in [1.82, 2.24) is 30.5 Å². The van der Waals surface area contributed by atoms with E-state index in [0.29, 0.717) is 0 Å². The number of H-pyrrole nitrogens is 1. The zero-order chi connectivity index (χ0) is 19.7. The van der Waals surface area contributed by atoms with Crippen molar-refractivity contribution in [2.24, 2.45) is 5.92 Å². The number of rotatable bonds is 6. The van der Waals surface area contributed by atoms with E-state index in [1.165, 1.54) is 17.3 Å². The molecule has 0 saturated heterocycles. The number of aromatic amines is 1. The van der Waals surface area contributed by atoms with Gasteiger partial charge in [0.1, 0.15) is 18.1 Å². The fourth-order valence-electron chi connectivity index (χ4n) is 4.13. The highest BCUT2D eigenvalue weighted by Gasteiger charge is 2.31. The standard InChI is InChI=1S/C20H26N6O2/c1-4-12(2)19(26-11-21-24-25-26)20(27)23-17-7-5-6-14-15-10-13(28-3)8-9-16(15)22-18(14)17/h8-12,17,19,22H,4-7H2,1-3H3,(H,23,27)/t12-,17-,19-/m0/s1. The van der Waals surface area contributed by atoms with Gasteiger partial charge < -0.3 is 15.0 Å². The fraction of sp³-hybridized carbons (Fsp3) is 0.500. The summed E-state index contributed by atoms with van der Waals surface area (Å²) in [6.45, 7) is 4.12. The third-order valence-electron chi connectivity index (χ3n) is 5.83. The number of carbonyl (C=O) groups excluding carboxylic acids is 1. The van der Waals surface area contributed by atoms with E-state index in [4.69, 9.17) is 4.74 Å². The highest BCUT2D eigenvalue weighted by Crippen LogP contribution is 2.36. The largest absolute Gasteiger partial charge is 0.497 e. The van der Waals surface area contributed by atoms with Crippen molar-refractivity contribution in [3.8, 4) is 5.75 Å². The third kappa shape index (κ3) is 3.23. The topological polar surface area (TPSA) is 97.7 Å². The maximum atomic E-state index is 13.2. The number of aryl methyl sites for hydroxylation is 1. The number of hydrogen-bond acceptors (Lipinski definition) is 5. The highest BCUT2D eigenvalue weighted by molar-refractivity contribution is 5.87. The van der Waals surface area contributed by atoms with Gasteiger partial charge in [-0.15, -0.1) is 5.10 Å². The first-order chi connectivity index (χ1) is 13.6. The first kappa shape index (κ1) is 18.5. The minimum absolute atomic E-state index is 0.0438. The molecule has 28 heavy (non-hydrogen) atoms. The Labute approximate surface area is 163 Å². The van der Waals surface area contributed by atoms with E-state index in [1.807, 2.05) is 19.1 Å². The summed E-state index contributed by atoms with van der Waals surface area (Å²) in [5.41, 5.74) is 3.45. The lowest BCUT2D eigenvalue weighted by Crippen LogP contribution is -2.39. The summed E-state index contributed by atoms with van der Waals surface area (Å²) < 4.78 is 6.94. The molecule has 2 N–H and O–H groups in total. The molecule has 3 atom stereocenters. The summed E-state index contributed by atoms with van der Waals surface area (Å²) in [7, 11) is 1.68. The zero-order valence-corrected chi connectivity index (χ0v) is 16.5. The van der Waals surface area contributed by atoms with Gasteiger partial charge >= 0.3 is 0 Å². The van der Waals surface area contributed by atoms with E-state index in [9.17, 15) is 4.79 Å². The van der Waals surface area contributed by atoms with Gasteiger partial charge in [-0.05, 0) is 59.4 Å². The molecular weight excluding hydrogens is 356 g/mol. The number of carbonyl (C=O) groups is 1. The minimum Gasteiger partial charge on any atom is -0.497 e. The molecule has 0 bridgehead atoms. The third-order valence-corrected chi connectivity index (χ3v) is 5.83. The van der Waals surface area contributed by atoms with Crippen LogP contribution in [0.5, 0.6) is 5.75 Å². The van der Waals surface area contributed by atoms with E-state index in [0.717, 1.165) is 42.6 Å². The number of aromatic nitrogens is 5. The van der Waals surface area contributed by atoms with Gasteiger partial charge in [-0.3, -0.25) is 4.79 Å². The van der Waals surface area contributed by atoms with Crippen LogP contribution in [0, 0.1) is 5.92 Å². The van der Waals surface area contributed by atoms with Crippen molar-refractivity contribution in [2.75, 3.05) is 7.11 Å². The van der Waals surface area contributed by atoms with Crippen molar-refractivity contribution >= 4 is 16.8 Å². The first-order valence-electron chi connectivity index (χ1n) is 9.83. The molecule has 0 spiro atoms. The molecule has 0 saturated carbocycles. The predicted octanol–water partition coefficient (Wildman–Crippen LogP) is 2.94. The van der Waals surface area contributed by atoms with Gasteiger partial charge in [0.2, 0.25) is 5.91 Å². The summed E-state index contributed by atoms with van der Waals surface area (Å²) >= 11 is 0. The van der Waals surface area contributed by atoms with Crippen LogP contribution >= 0.6 is 0 Å². The number of tetrazole rings is 1. The first-order valence-corrected chi connectivity index (χ1v) is 9.83. The quantitative estimate of drug-likeness (QED) is 0.683. The van der Waals surface area contributed by atoms with E-state index in [1.54, 1.807) is 11.8 Å². The molecule has 1 aliphatic rings. The van der Waals surface area contributed by atoms with Crippen LogP contribution in [-0.2, 0) is 11.2 Å². The Balaban J connectivity index is 1.63. The molecule has 0 aliphatic heterocycles. The van der Waals surface area contributed by atoms with Crippen molar-refractivity contribution < 1.29 is 9.53 Å². The van der Waals surface area contributed by atoms with Crippen LogP contribution in [0.4, 0.5) is 0 Å². The number of fused-ring (bicyclic) bond motifs is 3. The molecule has 0 unspecified atom stereocenters. The zero-order valence-electron chi connectivity index (χ0n) is 16.5. The van der Waals surface area contributed by atoms with Crippen LogP contribution in [0.1, 0.15) is 56.5 Å². The second-order valence-corrected chi connectivity index (χ2v) is 7.50. The number of ether oxygens (including phenoxy) is 1. The Hall–Kier alpha value is -2.90. The molecule has 1 amide bonds. The maximum Gasteiger partial charge on any atom is 0.245 e. The molecule has 3 aromatic rings. The minimum atomic E-state index is -0.421. The van der Waals surface area contributed by atoms with Crippen LogP contribution in [-0.4, -0.2) is 38.2 Å². The van der Waals surface area contributed by atoms with Gasteiger partial charge in [0.05, 0.1) is 13.2 Å². The van der Waals surface area contributed by atoms with E-state index < -0.39 is 6.04 Å². The van der Waals surface area contributed by atoms with Gasteiger partial charge in [-0.1, -0.05) is 20.3 Å². The average molecular weight is 382 g/mol. The van der Waals surface area contributed by atoms with Crippen molar-refractivity contribution in [1.29, 1.82) is 0 Å². The summed E-state index contributed by atoms with van der Waals surface area (Å²) in [5, 5.41) is 15.8. The molecule has 0 fully saturated rings. The molecule has 1 aromatic carbocycles. The fourth-order valence-corrected chi connectivity index (χ4v) is 4.13.